The molecule has 218 valence electrons. The molecule has 2 aromatic heterocycles. The van der Waals surface area contributed by atoms with Crippen LogP contribution in [-0.2, 0) is 22.8 Å². The highest BCUT2D eigenvalue weighted by Gasteiger charge is 2.66. The molecular formula is C26H45N5O6Si2. The molecular weight excluding hydrogens is 534 g/mol. The summed E-state index contributed by atoms with van der Waals surface area (Å²) in [5.41, 5.74) is -0.00350. The van der Waals surface area contributed by atoms with Crippen molar-refractivity contribution in [3.05, 3.63) is 16.7 Å². The topological polar surface area (TPSA) is 130 Å². The number of nitrogens with zero attached hydrogens (tertiary/aromatic N) is 3. The van der Waals surface area contributed by atoms with Gasteiger partial charge in [-0.25, -0.2) is 4.98 Å². The molecule has 4 atom stereocenters. The fourth-order valence-corrected chi connectivity index (χ4v) is 11.8. The lowest BCUT2D eigenvalue weighted by molar-refractivity contribution is -0.114. The zero-order chi connectivity index (χ0) is 29.3. The van der Waals surface area contributed by atoms with Crippen molar-refractivity contribution in [1.82, 2.24) is 19.5 Å². The Balaban J connectivity index is 1.85. The standard InChI is InChI=1S/C26H45N5O6Si2/c1-15(32)28-23-29-20-17(21(33)30-23)27-14-31(20)22-19(36-38(11,12)24(2,3)4)18-16(35-22)13-34-39(37-18,25(5,6)7)26(8,9)10/h14,16,18-19,22H,13H2,1-12H3,(H2,28,29,30,32,33)/t16-,18-,19-,22-/m1/s1. The second-order valence-corrected chi connectivity index (χ2v) is 23.9. The predicted molar refractivity (Wildman–Crippen MR) is 154 cm³/mol. The first-order chi connectivity index (χ1) is 17.7. The zero-order valence-corrected chi connectivity index (χ0v) is 27.4. The number of anilines is 1. The predicted octanol–water partition coefficient (Wildman–Crippen LogP) is 4.82. The maximum absolute atomic E-state index is 12.8. The lowest BCUT2D eigenvalue weighted by Crippen LogP contribution is -2.66. The van der Waals surface area contributed by atoms with Crippen molar-refractivity contribution in [1.29, 1.82) is 0 Å². The number of carbonyl (C=O) groups excluding carboxylic acids is 1. The Hall–Kier alpha value is -1.91. The molecule has 1 amide bonds. The molecule has 0 radical (unpaired) electrons. The highest BCUT2D eigenvalue weighted by atomic mass is 28.4. The van der Waals surface area contributed by atoms with Crippen molar-refractivity contribution in [2.45, 2.75) is 122 Å². The second-order valence-electron chi connectivity index (χ2n) is 14.3. The van der Waals surface area contributed by atoms with E-state index in [0.29, 0.717) is 12.3 Å². The number of hydrogen-bond donors (Lipinski definition) is 2. The summed E-state index contributed by atoms with van der Waals surface area (Å²) in [7, 11) is -5.14. The maximum Gasteiger partial charge on any atom is 0.349 e. The van der Waals surface area contributed by atoms with Crippen molar-refractivity contribution in [2.75, 3.05) is 11.9 Å². The van der Waals surface area contributed by atoms with Crippen LogP contribution in [0.4, 0.5) is 5.95 Å². The first-order valence-corrected chi connectivity index (χ1v) is 18.3. The fourth-order valence-electron chi connectivity index (χ4n) is 5.53. The lowest BCUT2D eigenvalue weighted by Gasteiger charge is -2.54. The average molecular weight is 580 g/mol. The molecule has 2 fully saturated rings. The Morgan fingerprint density at radius 2 is 1.77 bits per heavy atom. The minimum atomic E-state index is -2.83. The SMILES string of the molecule is CC(=O)Nc1nc2c(ncn2[C@@H]2O[C@@H]3CO[Si](C(C)(C)C)(C(C)(C)C)O[C@H]3[C@H]2O[Si](C)(C)C(C)(C)C)c(=O)[nH]1. The van der Waals surface area contributed by atoms with Crippen LogP contribution in [0, 0.1) is 0 Å². The number of rotatable bonds is 4. The molecule has 0 unspecified atom stereocenters. The van der Waals surface area contributed by atoms with Crippen LogP contribution in [0.3, 0.4) is 0 Å². The van der Waals surface area contributed by atoms with Crippen molar-refractivity contribution in [3.8, 4) is 0 Å². The molecule has 2 aliphatic heterocycles. The number of ether oxygens (including phenoxy) is 1. The third-order valence-corrected chi connectivity index (χ3v) is 17.9. The summed E-state index contributed by atoms with van der Waals surface area (Å²) in [6.45, 7) is 25.9. The first-order valence-electron chi connectivity index (χ1n) is 13.6. The Morgan fingerprint density at radius 1 is 1.15 bits per heavy atom. The molecule has 2 saturated heterocycles. The molecule has 39 heavy (non-hydrogen) atoms. The van der Waals surface area contributed by atoms with E-state index in [1.807, 2.05) is 0 Å². The normalized spacial score (nSPS) is 26.1. The highest BCUT2D eigenvalue weighted by Crippen LogP contribution is 2.56. The number of carbonyl (C=O) groups is 1. The van der Waals surface area contributed by atoms with Gasteiger partial charge in [0.1, 0.15) is 18.3 Å². The van der Waals surface area contributed by atoms with Gasteiger partial charge in [-0.3, -0.25) is 24.5 Å². The van der Waals surface area contributed by atoms with Gasteiger partial charge in [-0.05, 0) is 18.1 Å². The summed E-state index contributed by atoms with van der Waals surface area (Å²) in [6, 6.07) is 0. The van der Waals surface area contributed by atoms with Crippen LogP contribution in [0.5, 0.6) is 0 Å². The molecule has 11 nitrogen and oxygen atoms in total. The molecule has 0 aliphatic carbocycles. The third kappa shape index (κ3) is 5.17. The Morgan fingerprint density at radius 3 is 2.31 bits per heavy atom. The van der Waals surface area contributed by atoms with Crippen LogP contribution < -0.4 is 10.9 Å². The van der Waals surface area contributed by atoms with Gasteiger partial charge in [0.05, 0.1) is 12.9 Å². The van der Waals surface area contributed by atoms with Gasteiger partial charge in [-0.2, -0.15) is 4.98 Å². The second kappa shape index (κ2) is 9.59. The molecule has 2 aromatic rings. The summed E-state index contributed by atoms with van der Waals surface area (Å²) in [4.78, 5) is 35.9. The fraction of sp³-hybridized carbons (Fsp3) is 0.769. The summed E-state index contributed by atoms with van der Waals surface area (Å²) in [5, 5.41) is 2.08. The third-order valence-electron chi connectivity index (χ3n) is 8.25. The van der Waals surface area contributed by atoms with Crippen molar-refractivity contribution in [3.63, 3.8) is 0 Å². The van der Waals surface area contributed by atoms with Crippen LogP contribution in [-0.4, -0.2) is 67.2 Å². The van der Waals surface area contributed by atoms with Gasteiger partial charge >= 0.3 is 8.56 Å². The number of hydrogen-bond acceptors (Lipinski definition) is 8. The van der Waals surface area contributed by atoms with E-state index in [1.165, 1.54) is 6.92 Å². The number of amides is 1. The van der Waals surface area contributed by atoms with Gasteiger partial charge in [0, 0.05) is 17.0 Å². The Kier molecular flexibility index (Phi) is 7.39. The van der Waals surface area contributed by atoms with Crippen LogP contribution in [0.25, 0.3) is 11.2 Å². The van der Waals surface area contributed by atoms with E-state index in [2.05, 4.69) is 95.7 Å². The maximum atomic E-state index is 12.8. The van der Waals surface area contributed by atoms with E-state index < -0.39 is 34.8 Å². The molecule has 0 bridgehead atoms. The van der Waals surface area contributed by atoms with Crippen LogP contribution in [0.2, 0.25) is 28.2 Å². The van der Waals surface area contributed by atoms with Gasteiger partial charge in [0.2, 0.25) is 11.9 Å². The minimum Gasteiger partial charge on any atom is -0.407 e. The van der Waals surface area contributed by atoms with E-state index in [0.717, 1.165) is 0 Å². The lowest BCUT2D eigenvalue weighted by atomic mass is 10.1. The smallest absolute Gasteiger partial charge is 0.349 e. The van der Waals surface area contributed by atoms with E-state index in [-0.39, 0.29) is 44.7 Å². The Labute approximate surface area is 232 Å². The molecule has 4 rings (SSSR count). The van der Waals surface area contributed by atoms with E-state index in [9.17, 15) is 9.59 Å². The van der Waals surface area contributed by atoms with Crippen molar-refractivity contribution < 1.29 is 22.8 Å². The van der Waals surface area contributed by atoms with Gasteiger partial charge in [-0.1, -0.05) is 62.3 Å². The summed E-state index contributed by atoms with van der Waals surface area (Å²) >= 11 is 0. The van der Waals surface area contributed by atoms with Crippen molar-refractivity contribution >= 4 is 39.9 Å². The van der Waals surface area contributed by atoms with Gasteiger partial charge in [-0.15, -0.1) is 0 Å². The molecule has 4 heterocycles. The number of imidazole rings is 1. The monoisotopic (exact) mass is 579 g/mol. The van der Waals surface area contributed by atoms with Gasteiger partial charge in [0.25, 0.3) is 5.56 Å². The molecule has 0 spiro atoms. The number of aromatic nitrogens is 4. The van der Waals surface area contributed by atoms with Gasteiger partial charge in [0.15, 0.2) is 25.7 Å². The van der Waals surface area contributed by atoms with Crippen LogP contribution in [0.15, 0.2) is 11.1 Å². The number of aromatic amines is 1. The zero-order valence-electron chi connectivity index (χ0n) is 25.4. The van der Waals surface area contributed by atoms with Crippen molar-refractivity contribution in [2.24, 2.45) is 0 Å². The summed E-state index contributed by atoms with van der Waals surface area (Å²) < 4.78 is 29.3. The molecule has 0 aromatic carbocycles. The summed E-state index contributed by atoms with van der Waals surface area (Å²) in [6.07, 6.45) is -0.347. The van der Waals surface area contributed by atoms with Gasteiger partial charge < -0.3 is 18.0 Å². The van der Waals surface area contributed by atoms with Crippen LogP contribution in [0.1, 0.15) is 75.5 Å². The van der Waals surface area contributed by atoms with Crippen LogP contribution >= 0.6 is 0 Å². The molecule has 0 saturated carbocycles. The quantitative estimate of drug-likeness (QED) is 0.493. The average Bonchev–Trinajstić information content (AvgIpc) is 3.32. The minimum absolute atomic E-state index is 0.0468. The van der Waals surface area contributed by atoms with E-state index in [1.54, 1.807) is 10.9 Å². The van der Waals surface area contributed by atoms with E-state index >= 15 is 0 Å². The molecule has 2 aliphatic rings. The first kappa shape index (κ1) is 30.1. The number of H-pyrrole nitrogens is 1. The largest absolute Gasteiger partial charge is 0.407 e. The molecule has 13 heteroatoms. The molecule has 2 N–H and O–H groups in total. The van der Waals surface area contributed by atoms with E-state index in [4.69, 9.17) is 18.0 Å². The summed E-state index contributed by atoms with van der Waals surface area (Å²) in [5.74, 6) is -0.299. The Bertz CT molecular complexity index is 1290. The number of nitrogens with one attached hydrogen (secondary N) is 2. The number of fused-ring (bicyclic) bond motifs is 2. The highest BCUT2D eigenvalue weighted by molar-refractivity contribution is 6.74.